The summed E-state index contributed by atoms with van der Waals surface area (Å²) in [6, 6.07) is 16.3. The summed E-state index contributed by atoms with van der Waals surface area (Å²) in [5.41, 5.74) is 2.52. The number of ether oxygens (including phenoxy) is 3. The number of piperazine rings is 1. The zero-order valence-corrected chi connectivity index (χ0v) is 28.2. The number of carbonyl (C=O) groups excluding carboxylic acids is 1. The molecule has 0 atom stereocenters. The van der Waals surface area contributed by atoms with Crippen molar-refractivity contribution < 1.29 is 19.0 Å². The molecule has 2 aliphatic heterocycles. The van der Waals surface area contributed by atoms with Gasteiger partial charge in [0, 0.05) is 55.6 Å². The van der Waals surface area contributed by atoms with Crippen LogP contribution >= 0.6 is 0 Å². The van der Waals surface area contributed by atoms with Crippen LogP contribution in [0.3, 0.4) is 0 Å². The number of hydrogen-bond acceptors (Lipinski definition) is 7. The minimum Gasteiger partial charge on any atom is -0.497 e. The molecule has 242 valence electrons. The van der Waals surface area contributed by atoms with E-state index in [1.807, 2.05) is 47.5 Å². The van der Waals surface area contributed by atoms with Gasteiger partial charge in [-0.1, -0.05) is 27.2 Å². The van der Waals surface area contributed by atoms with Crippen LogP contribution in [0.1, 0.15) is 64.2 Å². The Kier molecular flexibility index (Phi) is 9.92. The lowest BCUT2D eigenvalue weighted by Crippen LogP contribution is -2.56. The van der Waals surface area contributed by atoms with Crippen molar-refractivity contribution in [1.29, 1.82) is 0 Å². The zero-order chi connectivity index (χ0) is 32.2. The fraction of sp³-hybridized carbons (Fsp3) is 0.514. The van der Waals surface area contributed by atoms with Crippen molar-refractivity contribution in [3.63, 3.8) is 0 Å². The van der Waals surface area contributed by atoms with Crippen molar-refractivity contribution in [2.75, 3.05) is 65.0 Å². The van der Waals surface area contributed by atoms with Gasteiger partial charge in [0.25, 0.3) is 5.91 Å². The average molecular weight is 615 g/mol. The van der Waals surface area contributed by atoms with Crippen molar-refractivity contribution >= 4 is 34.3 Å². The standard InChI is InChI=1S/C37H50N4O4/c1-8-9-15-40-16-14-38-32-22-28-24-34(33(44-7)23-27(28)21-31(32)35(40)42)45-26-36(2,3)25-37(4,5)41-19-17-39(18-20-41)29-10-12-30(43-6)13-11-29/h10-14,21-24H,8-9,15-20,25-26H2,1-7H3. The van der Waals surface area contributed by atoms with Gasteiger partial charge in [0.05, 0.1) is 38.6 Å². The number of benzene rings is 3. The molecule has 1 amide bonds. The third kappa shape index (κ3) is 7.55. The molecule has 8 nitrogen and oxygen atoms in total. The summed E-state index contributed by atoms with van der Waals surface area (Å²) in [4.78, 5) is 24.9. The SMILES string of the molecule is CCCCN1CC=Nc2cc3cc(OCC(C)(C)CC(C)(C)N4CCN(c5ccc(OC)cc5)CC4)c(OC)cc3cc2C1=O. The van der Waals surface area contributed by atoms with Gasteiger partial charge in [-0.2, -0.15) is 0 Å². The quantitative estimate of drug-likeness (QED) is 0.215. The molecule has 45 heavy (non-hydrogen) atoms. The van der Waals surface area contributed by atoms with E-state index in [0.717, 1.165) is 68.5 Å². The van der Waals surface area contributed by atoms with E-state index in [2.05, 4.69) is 61.5 Å². The zero-order valence-electron chi connectivity index (χ0n) is 28.2. The molecule has 1 saturated heterocycles. The maximum absolute atomic E-state index is 13.3. The van der Waals surface area contributed by atoms with Gasteiger partial charge in [-0.25, -0.2) is 0 Å². The molecular formula is C37H50N4O4. The molecular weight excluding hydrogens is 564 g/mol. The molecule has 0 aliphatic carbocycles. The molecule has 0 aromatic heterocycles. The number of unbranched alkanes of at least 4 members (excludes halogenated alkanes) is 1. The average Bonchev–Trinajstić information content (AvgIpc) is 3.18. The van der Waals surface area contributed by atoms with Crippen LogP contribution in [0.2, 0.25) is 0 Å². The van der Waals surface area contributed by atoms with Crippen LogP contribution in [0.5, 0.6) is 17.2 Å². The van der Waals surface area contributed by atoms with Gasteiger partial charge in [-0.3, -0.25) is 14.7 Å². The third-order valence-electron chi connectivity index (χ3n) is 9.17. The number of nitrogens with zero attached hydrogens (tertiary/aromatic N) is 4. The Balaban J connectivity index is 1.25. The number of methoxy groups -OCH3 is 2. The van der Waals surface area contributed by atoms with E-state index in [-0.39, 0.29) is 16.9 Å². The molecule has 0 spiro atoms. The first kappa shape index (κ1) is 32.6. The molecule has 1 fully saturated rings. The summed E-state index contributed by atoms with van der Waals surface area (Å²) in [7, 11) is 3.37. The van der Waals surface area contributed by atoms with Crippen molar-refractivity contribution in [1.82, 2.24) is 9.80 Å². The van der Waals surface area contributed by atoms with Crippen LogP contribution in [0, 0.1) is 5.41 Å². The third-order valence-corrected chi connectivity index (χ3v) is 9.17. The maximum atomic E-state index is 13.3. The van der Waals surface area contributed by atoms with Crippen LogP contribution in [-0.4, -0.2) is 87.6 Å². The van der Waals surface area contributed by atoms with Crippen molar-refractivity contribution in [2.45, 2.75) is 59.4 Å². The molecule has 0 radical (unpaired) electrons. The second-order valence-corrected chi connectivity index (χ2v) is 13.8. The summed E-state index contributed by atoms with van der Waals surface area (Å²) in [5, 5.41) is 1.91. The maximum Gasteiger partial charge on any atom is 0.256 e. The summed E-state index contributed by atoms with van der Waals surface area (Å²) < 4.78 is 17.6. The van der Waals surface area contributed by atoms with Crippen LogP contribution < -0.4 is 19.1 Å². The predicted octanol–water partition coefficient (Wildman–Crippen LogP) is 7.21. The number of rotatable bonds is 12. The van der Waals surface area contributed by atoms with Crippen LogP contribution in [-0.2, 0) is 0 Å². The number of hydrogen-bond donors (Lipinski definition) is 0. The molecule has 3 aromatic carbocycles. The first-order valence-electron chi connectivity index (χ1n) is 16.3. The molecule has 2 heterocycles. The normalized spacial score (nSPS) is 16.1. The highest BCUT2D eigenvalue weighted by molar-refractivity contribution is 6.06. The van der Waals surface area contributed by atoms with E-state index >= 15 is 0 Å². The van der Waals surface area contributed by atoms with Gasteiger partial charge in [0.1, 0.15) is 5.75 Å². The molecule has 3 aromatic rings. The lowest BCUT2D eigenvalue weighted by atomic mass is 9.79. The van der Waals surface area contributed by atoms with Crippen LogP contribution in [0.25, 0.3) is 10.8 Å². The van der Waals surface area contributed by atoms with E-state index in [4.69, 9.17) is 14.2 Å². The minimum atomic E-state index is -0.0803. The van der Waals surface area contributed by atoms with E-state index in [9.17, 15) is 4.79 Å². The van der Waals surface area contributed by atoms with Gasteiger partial charge in [0.15, 0.2) is 11.5 Å². The summed E-state index contributed by atoms with van der Waals surface area (Å²) in [5.74, 6) is 2.29. The highest BCUT2D eigenvalue weighted by atomic mass is 16.5. The molecule has 0 saturated carbocycles. The molecule has 8 heteroatoms. The van der Waals surface area contributed by atoms with Gasteiger partial charge >= 0.3 is 0 Å². The lowest BCUT2D eigenvalue weighted by Gasteiger charge is -2.47. The number of carbonyl (C=O) groups is 1. The first-order valence-corrected chi connectivity index (χ1v) is 16.3. The molecule has 0 N–H and O–H groups in total. The molecule has 0 unspecified atom stereocenters. The van der Waals surface area contributed by atoms with E-state index in [1.54, 1.807) is 14.2 Å². The van der Waals surface area contributed by atoms with Gasteiger partial charge < -0.3 is 24.0 Å². The number of amides is 1. The van der Waals surface area contributed by atoms with Crippen LogP contribution in [0.15, 0.2) is 53.5 Å². The van der Waals surface area contributed by atoms with E-state index < -0.39 is 0 Å². The lowest BCUT2D eigenvalue weighted by molar-refractivity contribution is 0.0462. The van der Waals surface area contributed by atoms with Crippen molar-refractivity contribution in [2.24, 2.45) is 10.4 Å². The monoisotopic (exact) mass is 614 g/mol. The van der Waals surface area contributed by atoms with Crippen molar-refractivity contribution in [3.8, 4) is 17.2 Å². The molecule has 2 aliphatic rings. The molecule has 0 bridgehead atoms. The molecule has 5 rings (SSSR count). The minimum absolute atomic E-state index is 0.0133. The highest BCUT2D eigenvalue weighted by Crippen LogP contribution is 2.39. The largest absolute Gasteiger partial charge is 0.497 e. The van der Waals surface area contributed by atoms with E-state index in [0.29, 0.717) is 35.9 Å². The topological polar surface area (TPSA) is 66.8 Å². The Bertz CT molecular complexity index is 1510. The van der Waals surface area contributed by atoms with Crippen molar-refractivity contribution in [3.05, 3.63) is 54.1 Å². The fourth-order valence-electron chi connectivity index (χ4n) is 6.85. The fourth-order valence-corrected chi connectivity index (χ4v) is 6.85. The number of aliphatic imine (C=N–C) groups is 1. The Morgan fingerprint density at radius 3 is 2.22 bits per heavy atom. The smallest absolute Gasteiger partial charge is 0.256 e. The number of anilines is 1. The second-order valence-electron chi connectivity index (χ2n) is 13.8. The van der Waals surface area contributed by atoms with Gasteiger partial charge in [0.2, 0.25) is 0 Å². The second kappa shape index (κ2) is 13.7. The number of fused-ring (bicyclic) bond motifs is 2. The van der Waals surface area contributed by atoms with E-state index in [1.165, 1.54) is 5.69 Å². The van der Waals surface area contributed by atoms with Gasteiger partial charge in [-0.05, 0) is 86.0 Å². The Labute approximate surface area is 268 Å². The summed E-state index contributed by atoms with van der Waals surface area (Å²) >= 11 is 0. The Hall–Kier alpha value is -3.78. The van der Waals surface area contributed by atoms with Crippen LogP contribution in [0.4, 0.5) is 11.4 Å². The van der Waals surface area contributed by atoms with Gasteiger partial charge in [-0.15, -0.1) is 0 Å². The Morgan fingerprint density at radius 2 is 1.56 bits per heavy atom. The predicted molar refractivity (Wildman–Crippen MR) is 184 cm³/mol. The summed E-state index contributed by atoms with van der Waals surface area (Å²) in [6.45, 7) is 17.2. The first-order chi connectivity index (χ1) is 21.5. The highest BCUT2D eigenvalue weighted by Gasteiger charge is 2.36. The summed E-state index contributed by atoms with van der Waals surface area (Å²) in [6.07, 6.45) is 4.85. The Morgan fingerprint density at radius 1 is 0.867 bits per heavy atom.